The van der Waals surface area contributed by atoms with Crippen LogP contribution in [-0.2, 0) is 16.1 Å². The molecule has 1 saturated heterocycles. The number of carbonyl (C=O) groups is 2. The van der Waals surface area contributed by atoms with Gasteiger partial charge in [-0.25, -0.2) is 9.97 Å². The van der Waals surface area contributed by atoms with Gasteiger partial charge in [0.25, 0.3) is 0 Å². The highest BCUT2D eigenvalue weighted by atomic mass is 16.2. The van der Waals surface area contributed by atoms with E-state index in [4.69, 9.17) is 0 Å². The van der Waals surface area contributed by atoms with E-state index in [0.717, 1.165) is 16.6 Å². The SMILES string of the molecule is Cc1nc(CN2C(=O)C[C@](C)(CC(C)C)C2=O)nc2ccccc12. The van der Waals surface area contributed by atoms with Crippen molar-refractivity contribution in [3.8, 4) is 0 Å². The van der Waals surface area contributed by atoms with Gasteiger partial charge in [-0.3, -0.25) is 14.5 Å². The van der Waals surface area contributed by atoms with Crippen molar-refractivity contribution in [2.45, 2.75) is 47.1 Å². The Labute approximate surface area is 142 Å². The van der Waals surface area contributed by atoms with Gasteiger partial charge in [0.05, 0.1) is 17.5 Å². The minimum absolute atomic E-state index is 0.101. The summed E-state index contributed by atoms with van der Waals surface area (Å²) in [4.78, 5) is 35.5. The van der Waals surface area contributed by atoms with Crippen LogP contribution >= 0.6 is 0 Å². The van der Waals surface area contributed by atoms with Crippen molar-refractivity contribution >= 4 is 22.7 Å². The Bertz CT molecular complexity index is 815. The summed E-state index contributed by atoms with van der Waals surface area (Å²) in [6.45, 7) is 8.10. The Morgan fingerprint density at radius 2 is 1.92 bits per heavy atom. The van der Waals surface area contributed by atoms with Crippen LogP contribution in [0, 0.1) is 18.3 Å². The number of aryl methyl sites for hydroxylation is 1. The minimum atomic E-state index is -0.600. The Balaban J connectivity index is 1.88. The van der Waals surface area contributed by atoms with Crippen LogP contribution in [-0.4, -0.2) is 26.7 Å². The standard InChI is InChI=1S/C19H23N3O2/c1-12(2)9-19(4)10-17(23)22(18(19)24)11-16-20-13(3)14-7-5-6-8-15(14)21-16/h5-8,12H,9-11H2,1-4H3/t19-/m0/s1. The summed E-state index contributed by atoms with van der Waals surface area (Å²) in [5.74, 6) is 0.653. The third-order valence-electron chi connectivity index (χ3n) is 4.60. The topological polar surface area (TPSA) is 63.2 Å². The molecule has 0 unspecified atom stereocenters. The fourth-order valence-electron chi connectivity index (χ4n) is 3.67. The van der Waals surface area contributed by atoms with Gasteiger partial charge in [0.2, 0.25) is 11.8 Å². The number of hydrogen-bond donors (Lipinski definition) is 0. The molecule has 0 bridgehead atoms. The van der Waals surface area contributed by atoms with Gasteiger partial charge in [-0.1, -0.05) is 39.0 Å². The second kappa shape index (κ2) is 5.96. The lowest BCUT2D eigenvalue weighted by Crippen LogP contribution is -2.35. The molecule has 2 aromatic rings. The zero-order valence-corrected chi connectivity index (χ0v) is 14.7. The van der Waals surface area contributed by atoms with Crippen LogP contribution in [0.5, 0.6) is 0 Å². The van der Waals surface area contributed by atoms with Gasteiger partial charge < -0.3 is 0 Å². The van der Waals surface area contributed by atoms with E-state index in [1.165, 1.54) is 4.90 Å². The van der Waals surface area contributed by atoms with E-state index in [-0.39, 0.29) is 24.8 Å². The van der Waals surface area contributed by atoms with Crippen LogP contribution in [0.15, 0.2) is 24.3 Å². The number of rotatable bonds is 4. The molecule has 1 aromatic carbocycles. The molecule has 2 amide bonds. The molecule has 1 aliphatic rings. The Morgan fingerprint density at radius 3 is 2.62 bits per heavy atom. The lowest BCUT2D eigenvalue weighted by atomic mass is 9.80. The highest BCUT2D eigenvalue weighted by Crippen LogP contribution is 2.38. The smallest absolute Gasteiger partial charge is 0.236 e. The van der Waals surface area contributed by atoms with E-state index < -0.39 is 5.41 Å². The molecule has 0 N–H and O–H groups in total. The maximum atomic E-state index is 12.8. The lowest BCUT2D eigenvalue weighted by molar-refractivity contribution is -0.142. The van der Waals surface area contributed by atoms with Crippen molar-refractivity contribution in [2.75, 3.05) is 0 Å². The van der Waals surface area contributed by atoms with Gasteiger partial charge in [0.15, 0.2) is 0 Å². The van der Waals surface area contributed by atoms with Gasteiger partial charge in [-0.2, -0.15) is 0 Å². The highest BCUT2D eigenvalue weighted by Gasteiger charge is 2.48. The first kappa shape index (κ1) is 16.6. The molecule has 1 fully saturated rings. The molecule has 24 heavy (non-hydrogen) atoms. The van der Waals surface area contributed by atoms with Gasteiger partial charge in [0, 0.05) is 17.5 Å². The second-order valence-corrected chi connectivity index (χ2v) is 7.36. The number of aromatic nitrogens is 2. The molecule has 1 atom stereocenters. The molecule has 5 heteroatoms. The van der Waals surface area contributed by atoms with Crippen LogP contribution in [0.4, 0.5) is 0 Å². The average molecular weight is 325 g/mol. The zero-order valence-electron chi connectivity index (χ0n) is 14.7. The summed E-state index contributed by atoms with van der Waals surface area (Å²) >= 11 is 0. The molecule has 0 radical (unpaired) electrons. The predicted octanol–water partition coefficient (Wildman–Crippen LogP) is 3.25. The number of amides is 2. The van der Waals surface area contributed by atoms with Gasteiger partial charge in [-0.05, 0) is 25.3 Å². The van der Waals surface area contributed by atoms with Crippen LogP contribution in [0.1, 0.15) is 45.1 Å². The second-order valence-electron chi connectivity index (χ2n) is 7.36. The average Bonchev–Trinajstić information content (AvgIpc) is 2.70. The summed E-state index contributed by atoms with van der Waals surface area (Å²) < 4.78 is 0. The first-order valence-electron chi connectivity index (χ1n) is 8.37. The largest absolute Gasteiger partial charge is 0.274 e. The fraction of sp³-hybridized carbons (Fsp3) is 0.474. The molecular formula is C19H23N3O2. The van der Waals surface area contributed by atoms with E-state index in [0.29, 0.717) is 18.2 Å². The lowest BCUT2D eigenvalue weighted by Gasteiger charge is -2.23. The van der Waals surface area contributed by atoms with Crippen LogP contribution in [0.25, 0.3) is 10.9 Å². The number of fused-ring (bicyclic) bond motifs is 1. The number of para-hydroxylation sites is 1. The van der Waals surface area contributed by atoms with E-state index in [1.54, 1.807) is 0 Å². The van der Waals surface area contributed by atoms with Gasteiger partial charge in [-0.15, -0.1) is 0 Å². The number of likely N-dealkylation sites (tertiary alicyclic amines) is 1. The van der Waals surface area contributed by atoms with Crippen molar-refractivity contribution in [1.29, 1.82) is 0 Å². The molecule has 0 saturated carbocycles. The van der Waals surface area contributed by atoms with Crippen molar-refractivity contribution in [2.24, 2.45) is 11.3 Å². The fourth-order valence-corrected chi connectivity index (χ4v) is 3.67. The van der Waals surface area contributed by atoms with Crippen molar-refractivity contribution in [1.82, 2.24) is 14.9 Å². The molecule has 0 aliphatic carbocycles. The van der Waals surface area contributed by atoms with Crippen molar-refractivity contribution in [3.63, 3.8) is 0 Å². The summed E-state index contributed by atoms with van der Waals surface area (Å²) in [6, 6.07) is 7.76. The highest BCUT2D eigenvalue weighted by molar-refractivity contribution is 6.05. The molecule has 2 heterocycles. The summed E-state index contributed by atoms with van der Waals surface area (Å²) in [6.07, 6.45) is 0.988. The number of nitrogens with zero attached hydrogens (tertiary/aromatic N) is 3. The minimum Gasteiger partial charge on any atom is -0.274 e. The molecule has 126 valence electrons. The molecule has 1 aromatic heterocycles. The van der Waals surface area contributed by atoms with Gasteiger partial charge >= 0.3 is 0 Å². The van der Waals surface area contributed by atoms with Crippen LogP contribution < -0.4 is 0 Å². The molecular weight excluding hydrogens is 302 g/mol. The van der Waals surface area contributed by atoms with E-state index in [9.17, 15) is 9.59 Å². The normalized spacial score (nSPS) is 21.3. The molecule has 1 aliphatic heterocycles. The monoisotopic (exact) mass is 325 g/mol. The van der Waals surface area contributed by atoms with Crippen molar-refractivity contribution < 1.29 is 9.59 Å². The third kappa shape index (κ3) is 2.90. The van der Waals surface area contributed by atoms with Gasteiger partial charge in [0.1, 0.15) is 5.82 Å². The first-order chi connectivity index (χ1) is 11.3. The zero-order chi connectivity index (χ0) is 17.5. The van der Waals surface area contributed by atoms with Crippen LogP contribution in [0.2, 0.25) is 0 Å². The van der Waals surface area contributed by atoms with E-state index in [1.807, 2.05) is 38.1 Å². The Kier molecular flexibility index (Phi) is 4.11. The quantitative estimate of drug-likeness (QED) is 0.810. The number of imide groups is 1. The predicted molar refractivity (Wildman–Crippen MR) is 92.0 cm³/mol. The number of carbonyl (C=O) groups excluding carboxylic acids is 2. The Morgan fingerprint density at radius 1 is 1.21 bits per heavy atom. The number of benzene rings is 1. The molecule has 3 rings (SSSR count). The summed E-state index contributed by atoms with van der Waals surface area (Å²) in [5, 5.41) is 0.991. The maximum absolute atomic E-state index is 12.8. The van der Waals surface area contributed by atoms with E-state index in [2.05, 4.69) is 23.8 Å². The Hall–Kier alpha value is -2.30. The van der Waals surface area contributed by atoms with Crippen molar-refractivity contribution in [3.05, 3.63) is 35.8 Å². The summed E-state index contributed by atoms with van der Waals surface area (Å²) in [7, 11) is 0. The third-order valence-corrected chi connectivity index (χ3v) is 4.60. The number of hydrogen-bond acceptors (Lipinski definition) is 4. The summed E-state index contributed by atoms with van der Waals surface area (Å²) in [5.41, 5.74) is 1.10. The van der Waals surface area contributed by atoms with E-state index >= 15 is 0 Å². The van der Waals surface area contributed by atoms with Crippen LogP contribution in [0.3, 0.4) is 0 Å². The molecule has 0 spiro atoms. The first-order valence-corrected chi connectivity index (χ1v) is 8.37. The maximum Gasteiger partial charge on any atom is 0.236 e. The molecule has 5 nitrogen and oxygen atoms in total.